The zero-order valence-corrected chi connectivity index (χ0v) is 12.7. The summed E-state index contributed by atoms with van der Waals surface area (Å²) in [5.41, 5.74) is 1.11. The molecular weight excluding hydrogens is 270 g/mol. The summed E-state index contributed by atoms with van der Waals surface area (Å²) in [6.07, 6.45) is 3.57. The van der Waals surface area contributed by atoms with Crippen molar-refractivity contribution in [3.05, 3.63) is 41.5 Å². The van der Waals surface area contributed by atoms with Gasteiger partial charge in [-0.1, -0.05) is 24.3 Å². The van der Waals surface area contributed by atoms with E-state index in [1.807, 2.05) is 0 Å². The van der Waals surface area contributed by atoms with E-state index in [1.54, 1.807) is 50.5 Å². The predicted octanol–water partition coefficient (Wildman–Crippen LogP) is 2.24. The van der Waals surface area contributed by atoms with Crippen LogP contribution in [0.5, 0.6) is 0 Å². The Labute approximate surface area is 125 Å². The Bertz CT molecular complexity index is 503. The van der Waals surface area contributed by atoms with Crippen LogP contribution in [-0.4, -0.2) is 43.8 Å². The number of nitrogens with zero attached hydrogens (tertiary/aromatic N) is 1. The number of hydrogen-bond acceptors (Lipinski definition) is 4. The highest BCUT2D eigenvalue weighted by Gasteiger charge is 2.27. The molecule has 0 heterocycles. The largest absolute Gasteiger partial charge is 0.362 e. The van der Waals surface area contributed by atoms with Gasteiger partial charge in [-0.2, -0.15) is 0 Å². The minimum absolute atomic E-state index is 0.232. The summed E-state index contributed by atoms with van der Waals surface area (Å²) in [6, 6.07) is 7.02. The minimum atomic E-state index is -0.442. The number of allylic oxidation sites excluding steroid dienone is 1. The summed E-state index contributed by atoms with van der Waals surface area (Å²) < 4.78 is 10.5. The van der Waals surface area contributed by atoms with Gasteiger partial charge in [0.05, 0.1) is 0 Å². The van der Waals surface area contributed by atoms with E-state index in [-0.39, 0.29) is 5.91 Å². The third kappa shape index (κ3) is 4.24. The number of methoxy groups -OCH3 is 2. The highest BCUT2D eigenvalue weighted by molar-refractivity contribution is 5.98. The molecule has 0 aliphatic rings. The summed E-state index contributed by atoms with van der Waals surface area (Å²) in [7, 11) is 3.06. The fourth-order valence-corrected chi connectivity index (χ4v) is 1.95. The Hall–Kier alpha value is -1.98. The minimum Gasteiger partial charge on any atom is -0.362 e. The molecule has 5 heteroatoms. The summed E-state index contributed by atoms with van der Waals surface area (Å²) in [6.45, 7) is 3.54. The van der Waals surface area contributed by atoms with Gasteiger partial charge in [0.25, 0.3) is 5.91 Å². The molecule has 113 valence electrons. The average Bonchev–Trinajstić information content (AvgIpc) is 2.52. The molecule has 1 radical (unpaired) electrons. The smallest absolute Gasteiger partial charge is 0.258 e. The Balaban J connectivity index is 3.20. The van der Waals surface area contributed by atoms with Crippen molar-refractivity contribution < 1.29 is 19.1 Å². The Kier molecular flexibility index (Phi) is 6.78. The third-order valence-electron chi connectivity index (χ3n) is 3.22. The first kappa shape index (κ1) is 17.1. The molecule has 2 unspecified atom stereocenters. The van der Waals surface area contributed by atoms with E-state index >= 15 is 0 Å². The number of amides is 1. The molecule has 0 fully saturated rings. The highest BCUT2D eigenvalue weighted by atomic mass is 16.5. The molecule has 0 aliphatic heterocycles. The van der Waals surface area contributed by atoms with E-state index in [2.05, 4.69) is 0 Å². The summed E-state index contributed by atoms with van der Waals surface area (Å²) in [5.74, 6) is -0.232. The number of ether oxygens (including phenoxy) is 2. The normalized spacial score (nSPS) is 13.9. The number of hydrogen-bond donors (Lipinski definition) is 0. The van der Waals surface area contributed by atoms with Gasteiger partial charge in [-0.25, -0.2) is 0 Å². The van der Waals surface area contributed by atoms with Gasteiger partial charge in [-0.05, 0) is 31.6 Å². The van der Waals surface area contributed by atoms with E-state index < -0.39 is 12.5 Å². The fourth-order valence-electron chi connectivity index (χ4n) is 1.95. The molecule has 0 bridgehead atoms. The Morgan fingerprint density at radius 3 is 2.29 bits per heavy atom. The molecule has 21 heavy (non-hydrogen) atoms. The highest BCUT2D eigenvalue weighted by Crippen LogP contribution is 2.18. The van der Waals surface area contributed by atoms with Crippen LogP contribution in [0.15, 0.2) is 30.3 Å². The van der Waals surface area contributed by atoms with Gasteiger partial charge in [0, 0.05) is 19.8 Å². The molecule has 2 atom stereocenters. The molecule has 1 rings (SSSR count). The van der Waals surface area contributed by atoms with E-state index in [4.69, 9.17) is 9.47 Å². The van der Waals surface area contributed by atoms with Crippen LogP contribution in [0.3, 0.4) is 0 Å². The van der Waals surface area contributed by atoms with Crippen LogP contribution in [0, 0.1) is 0 Å². The molecule has 1 amide bonds. The van der Waals surface area contributed by atoms with E-state index in [1.165, 1.54) is 25.2 Å². The van der Waals surface area contributed by atoms with Crippen molar-refractivity contribution in [1.29, 1.82) is 0 Å². The van der Waals surface area contributed by atoms with Crippen LogP contribution in [0.1, 0.15) is 29.8 Å². The zero-order chi connectivity index (χ0) is 15.8. The number of rotatable bonds is 7. The SMILES string of the molecule is COC(C)N(C(=O)c1ccccc1/C=C/[C]=O)C(C)OC. The third-order valence-corrected chi connectivity index (χ3v) is 3.22. The summed E-state index contributed by atoms with van der Waals surface area (Å²) in [4.78, 5) is 24.6. The second kappa shape index (κ2) is 8.34. The van der Waals surface area contributed by atoms with Crippen LogP contribution < -0.4 is 0 Å². The molecule has 1 aromatic carbocycles. The molecule has 0 saturated carbocycles. The lowest BCUT2D eigenvalue weighted by atomic mass is 10.1. The molecule has 0 aromatic heterocycles. The average molecular weight is 290 g/mol. The van der Waals surface area contributed by atoms with Gasteiger partial charge in [0.15, 0.2) is 0 Å². The fraction of sp³-hybridized carbons (Fsp3) is 0.375. The molecule has 0 saturated heterocycles. The maximum Gasteiger partial charge on any atom is 0.258 e. The van der Waals surface area contributed by atoms with Crippen LogP contribution in [0.2, 0.25) is 0 Å². The van der Waals surface area contributed by atoms with Gasteiger partial charge >= 0.3 is 0 Å². The maximum atomic E-state index is 12.8. The van der Waals surface area contributed by atoms with Crippen LogP contribution in [-0.2, 0) is 14.3 Å². The number of carbonyl (C=O) groups excluding carboxylic acids is 2. The van der Waals surface area contributed by atoms with Crippen molar-refractivity contribution in [1.82, 2.24) is 4.90 Å². The summed E-state index contributed by atoms with van der Waals surface area (Å²) >= 11 is 0. The van der Waals surface area contributed by atoms with Crippen molar-refractivity contribution in [3.8, 4) is 0 Å². The van der Waals surface area contributed by atoms with Gasteiger partial charge in [-0.15, -0.1) is 0 Å². The maximum absolute atomic E-state index is 12.8. The molecular formula is C16H20NO4. The molecule has 0 N–H and O–H groups in total. The van der Waals surface area contributed by atoms with Crippen molar-refractivity contribution in [2.45, 2.75) is 26.3 Å². The van der Waals surface area contributed by atoms with Gasteiger partial charge < -0.3 is 9.47 Å². The van der Waals surface area contributed by atoms with Gasteiger partial charge in [0.2, 0.25) is 6.29 Å². The lowest BCUT2D eigenvalue weighted by Gasteiger charge is -2.33. The van der Waals surface area contributed by atoms with Crippen molar-refractivity contribution in [2.75, 3.05) is 14.2 Å². The Morgan fingerprint density at radius 2 is 1.76 bits per heavy atom. The van der Waals surface area contributed by atoms with E-state index in [9.17, 15) is 9.59 Å². The monoisotopic (exact) mass is 290 g/mol. The molecule has 0 aliphatic carbocycles. The van der Waals surface area contributed by atoms with Crippen LogP contribution in [0.4, 0.5) is 0 Å². The first-order valence-electron chi connectivity index (χ1n) is 6.58. The van der Waals surface area contributed by atoms with Crippen LogP contribution in [0.25, 0.3) is 6.08 Å². The lowest BCUT2D eigenvalue weighted by Crippen LogP contribution is -2.46. The van der Waals surface area contributed by atoms with E-state index in [0.717, 1.165) is 0 Å². The van der Waals surface area contributed by atoms with Crippen molar-refractivity contribution in [3.63, 3.8) is 0 Å². The molecule has 1 aromatic rings. The zero-order valence-electron chi connectivity index (χ0n) is 12.7. The molecule has 0 spiro atoms. The lowest BCUT2D eigenvalue weighted by molar-refractivity contribution is -0.0931. The molecule has 5 nitrogen and oxygen atoms in total. The van der Waals surface area contributed by atoms with Gasteiger partial charge in [-0.3, -0.25) is 14.5 Å². The Morgan fingerprint density at radius 1 is 1.19 bits per heavy atom. The quantitative estimate of drug-likeness (QED) is 0.571. The first-order valence-corrected chi connectivity index (χ1v) is 6.58. The van der Waals surface area contributed by atoms with E-state index in [0.29, 0.717) is 11.1 Å². The second-order valence-corrected chi connectivity index (χ2v) is 4.42. The summed E-state index contributed by atoms with van der Waals surface area (Å²) in [5, 5.41) is 0. The topological polar surface area (TPSA) is 55.8 Å². The first-order chi connectivity index (χ1) is 10.1. The van der Waals surface area contributed by atoms with Crippen molar-refractivity contribution >= 4 is 18.3 Å². The van der Waals surface area contributed by atoms with Gasteiger partial charge in [0.1, 0.15) is 12.5 Å². The predicted molar refractivity (Wildman–Crippen MR) is 80.3 cm³/mol. The van der Waals surface area contributed by atoms with Crippen LogP contribution >= 0.6 is 0 Å². The standard InChI is InChI=1S/C16H20NO4/c1-12(20-3)17(13(2)21-4)16(19)15-10-6-5-8-14(15)9-7-11-18/h5-10,12-13H,1-4H3/b9-7+. The second-order valence-electron chi connectivity index (χ2n) is 4.42. The number of carbonyl (C=O) groups is 1. The number of benzene rings is 1. The van der Waals surface area contributed by atoms with Crippen molar-refractivity contribution in [2.24, 2.45) is 0 Å².